The smallest absolute Gasteiger partial charge is 0.387 e. The van der Waals surface area contributed by atoms with Crippen LogP contribution in [0, 0.1) is 7.43 Å². The van der Waals surface area contributed by atoms with Crippen LogP contribution in [0.3, 0.4) is 0 Å². The molecule has 8 heavy (non-hydrogen) atoms. The summed E-state index contributed by atoms with van der Waals surface area (Å²) in [6, 6.07) is 0. The molecule has 0 heterocycles. The summed E-state index contributed by atoms with van der Waals surface area (Å²) in [5, 5.41) is 7.28. The fraction of sp³-hybridized carbons (Fsp3) is 0.667. The van der Waals surface area contributed by atoms with E-state index in [2.05, 4.69) is 0 Å². The molecule has 0 saturated carbocycles. The van der Waals surface area contributed by atoms with Gasteiger partial charge in [-0.2, -0.15) is 13.2 Å². The van der Waals surface area contributed by atoms with Gasteiger partial charge in [-0.3, -0.25) is 0 Å². The van der Waals surface area contributed by atoms with Crippen molar-refractivity contribution in [2.24, 2.45) is 0 Å². The van der Waals surface area contributed by atoms with Gasteiger partial charge < -0.3 is 12.5 Å². The Labute approximate surface area is 58.6 Å². The van der Waals surface area contributed by atoms with Crippen molar-refractivity contribution in [1.29, 1.82) is 0 Å². The van der Waals surface area contributed by atoms with Gasteiger partial charge >= 0.3 is 6.18 Å². The first-order valence-electron chi connectivity index (χ1n) is 1.24. The predicted molar refractivity (Wildman–Crippen MR) is 19.6 cm³/mol. The molecule has 5 heteroatoms. The third-order valence-electron chi connectivity index (χ3n) is 0.179. The van der Waals surface area contributed by atoms with E-state index in [1.165, 1.54) is 0 Å². The molecule has 0 aromatic heterocycles. The van der Waals surface area contributed by atoms with Crippen LogP contribution in [0.1, 0.15) is 0 Å². The van der Waals surface area contributed by atoms with Crippen LogP contribution in [0.2, 0.25) is 0 Å². The molecule has 0 aliphatic heterocycles. The van der Waals surface area contributed by atoms with E-state index in [9.17, 15) is 13.2 Å². The van der Waals surface area contributed by atoms with Crippen molar-refractivity contribution in [3.63, 3.8) is 0 Å². The zero-order chi connectivity index (χ0) is 5.21. The van der Waals surface area contributed by atoms with Crippen molar-refractivity contribution in [2.75, 3.05) is 6.61 Å². The first kappa shape index (κ1) is 15.8. The molecule has 0 spiro atoms. The SMILES string of the molecule is OCC(F)(F)F.[CH3-].[Zn]. The normalized spacial score (nSPS) is 9.00. The number of halogens is 3. The van der Waals surface area contributed by atoms with E-state index in [4.69, 9.17) is 5.11 Å². The Bertz CT molecular complexity index is 44.3. The largest absolute Gasteiger partial charge is 0.411 e. The summed E-state index contributed by atoms with van der Waals surface area (Å²) in [5.41, 5.74) is 0. The van der Waals surface area contributed by atoms with Crippen molar-refractivity contribution < 1.29 is 37.8 Å². The molecule has 0 radical (unpaired) electrons. The topological polar surface area (TPSA) is 20.2 Å². The molecule has 0 aliphatic rings. The molecule has 0 unspecified atom stereocenters. The summed E-state index contributed by atoms with van der Waals surface area (Å²) in [6.07, 6.45) is -4.40. The zero-order valence-corrected chi connectivity index (χ0v) is 7.46. The summed E-state index contributed by atoms with van der Waals surface area (Å²) >= 11 is 0. The standard InChI is InChI=1S/C2H3F3O.CH3.Zn/c3-2(4,5)1-6;;/h6H,1H2;1H3;/q;-1;. The van der Waals surface area contributed by atoms with Gasteiger partial charge in [0.05, 0.1) is 0 Å². The second kappa shape index (κ2) is 5.51. The van der Waals surface area contributed by atoms with E-state index >= 15 is 0 Å². The van der Waals surface area contributed by atoms with E-state index < -0.39 is 12.8 Å². The Balaban J connectivity index is -0.000000125. The molecule has 0 aromatic carbocycles. The van der Waals surface area contributed by atoms with E-state index in [-0.39, 0.29) is 26.9 Å². The maximum Gasteiger partial charge on any atom is 0.411 e. The zero-order valence-electron chi connectivity index (χ0n) is 4.50. The average molecular weight is 180 g/mol. The van der Waals surface area contributed by atoms with Gasteiger partial charge in [0.15, 0.2) is 0 Å². The van der Waals surface area contributed by atoms with Crippen molar-refractivity contribution in [3.05, 3.63) is 7.43 Å². The second-order valence-corrected chi connectivity index (χ2v) is 0.773. The minimum absolute atomic E-state index is 0. The van der Waals surface area contributed by atoms with Gasteiger partial charge in [0.1, 0.15) is 6.61 Å². The number of aliphatic hydroxyl groups is 1. The van der Waals surface area contributed by atoms with Crippen LogP contribution < -0.4 is 0 Å². The molecule has 0 atom stereocenters. The van der Waals surface area contributed by atoms with E-state index in [1.807, 2.05) is 0 Å². The minimum Gasteiger partial charge on any atom is -0.387 e. The Morgan fingerprint density at radius 3 is 1.38 bits per heavy atom. The minimum atomic E-state index is -4.40. The third kappa shape index (κ3) is 16.2. The van der Waals surface area contributed by atoms with Gasteiger partial charge in [-0.15, -0.1) is 0 Å². The molecule has 1 N–H and O–H groups in total. The predicted octanol–water partition coefficient (Wildman–Crippen LogP) is 0.989. The first-order valence-corrected chi connectivity index (χ1v) is 1.24. The van der Waals surface area contributed by atoms with Gasteiger partial charge in [0, 0.05) is 19.5 Å². The summed E-state index contributed by atoms with van der Waals surface area (Å²) in [5.74, 6) is 0. The van der Waals surface area contributed by atoms with Crippen LogP contribution in [-0.4, -0.2) is 17.9 Å². The summed E-state index contributed by atoms with van der Waals surface area (Å²) in [7, 11) is 0. The Morgan fingerprint density at radius 2 is 1.38 bits per heavy atom. The monoisotopic (exact) mass is 179 g/mol. The molecule has 48 valence electrons. The van der Waals surface area contributed by atoms with Gasteiger partial charge in [-0.05, 0) is 0 Å². The number of aliphatic hydroxyl groups excluding tert-OH is 1. The van der Waals surface area contributed by atoms with Gasteiger partial charge in [0.2, 0.25) is 0 Å². The molecule has 1 nitrogen and oxygen atoms in total. The number of rotatable bonds is 0. The molecule has 0 bridgehead atoms. The van der Waals surface area contributed by atoms with Crippen LogP contribution in [0.15, 0.2) is 0 Å². The van der Waals surface area contributed by atoms with E-state index in [0.717, 1.165) is 0 Å². The fourth-order valence-corrected chi connectivity index (χ4v) is 0. The molecule has 0 amide bonds. The van der Waals surface area contributed by atoms with Crippen LogP contribution in [-0.2, 0) is 19.5 Å². The fourth-order valence-electron chi connectivity index (χ4n) is 0. The van der Waals surface area contributed by atoms with E-state index in [0.29, 0.717) is 0 Å². The maximum absolute atomic E-state index is 10.5. The molecule has 0 aromatic rings. The van der Waals surface area contributed by atoms with Crippen LogP contribution in [0.4, 0.5) is 13.2 Å². The Kier molecular flexibility index (Phi) is 10.9. The quantitative estimate of drug-likeness (QED) is 0.435. The van der Waals surface area contributed by atoms with Crippen molar-refractivity contribution >= 4 is 0 Å². The van der Waals surface area contributed by atoms with E-state index in [1.54, 1.807) is 0 Å². The van der Waals surface area contributed by atoms with Gasteiger partial charge in [0.25, 0.3) is 0 Å². The van der Waals surface area contributed by atoms with Crippen molar-refractivity contribution in [3.8, 4) is 0 Å². The summed E-state index contributed by atoms with van der Waals surface area (Å²) in [4.78, 5) is 0. The van der Waals surface area contributed by atoms with Gasteiger partial charge in [-0.25, -0.2) is 0 Å². The van der Waals surface area contributed by atoms with Crippen molar-refractivity contribution in [1.82, 2.24) is 0 Å². The summed E-state index contributed by atoms with van der Waals surface area (Å²) < 4.78 is 31.6. The number of hydrogen-bond donors (Lipinski definition) is 1. The van der Waals surface area contributed by atoms with Gasteiger partial charge in [-0.1, -0.05) is 0 Å². The molecule has 0 fully saturated rings. The number of alkyl halides is 3. The van der Waals surface area contributed by atoms with Crippen LogP contribution in [0.5, 0.6) is 0 Å². The molecular formula is C3H6F3OZn-. The molecule has 0 rings (SSSR count). The summed E-state index contributed by atoms with van der Waals surface area (Å²) in [6.45, 7) is -1.73. The second-order valence-electron chi connectivity index (χ2n) is 0.773. The Hall–Kier alpha value is 0.373. The third-order valence-corrected chi connectivity index (χ3v) is 0.179. The number of hydrogen-bond acceptors (Lipinski definition) is 1. The molecule has 0 aliphatic carbocycles. The van der Waals surface area contributed by atoms with Crippen LogP contribution >= 0.6 is 0 Å². The average Bonchev–Trinajstić information content (AvgIpc) is 1.35. The maximum atomic E-state index is 10.5. The molecule has 0 saturated heterocycles. The first-order chi connectivity index (χ1) is 2.56. The van der Waals surface area contributed by atoms with Crippen LogP contribution in [0.25, 0.3) is 0 Å². The Morgan fingerprint density at radius 1 is 1.25 bits per heavy atom. The van der Waals surface area contributed by atoms with Crippen molar-refractivity contribution in [2.45, 2.75) is 6.18 Å². The molecular weight excluding hydrogens is 174 g/mol.